The number of aliphatic hydroxyl groups is 2. The number of nitrogens with two attached hydrogens (primary N) is 1. The van der Waals surface area contributed by atoms with E-state index in [2.05, 4.69) is 16.0 Å². The SMILES string of the molecule is CCNC(=O)c1ccccc1-c1ccc(CN2C(=O)C(NC(=O)N[C@@H](N)C(C)(C)C[C@H](O)CO)CCc3cc(OC)ccc32)cc1. The summed E-state index contributed by atoms with van der Waals surface area (Å²) in [7, 11) is 1.59. The second-order valence-electron chi connectivity index (χ2n) is 12.2. The van der Waals surface area contributed by atoms with E-state index in [0.29, 0.717) is 30.7 Å². The van der Waals surface area contributed by atoms with Crippen molar-refractivity contribution in [3.8, 4) is 16.9 Å². The van der Waals surface area contributed by atoms with E-state index in [1.807, 2.05) is 67.6 Å². The molecule has 11 nitrogen and oxygen atoms in total. The van der Waals surface area contributed by atoms with Gasteiger partial charge in [0, 0.05) is 23.2 Å². The van der Waals surface area contributed by atoms with Gasteiger partial charge in [-0.15, -0.1) is 0 Å². The summed E-state index contributed by atoms with van der Waals surface area (Å²) in [5.74, 6) is 0.260. The lowest BCUT2D eigenvalue weighted by Crippen LogP contribution is -2.58. The number of urea groups is 1. The summed E-state index contributed by atoms with van der Waals surface area (Å²) in [5.41, 5.74) is 10.3. The van der Waals surface area contributed by atoms with Gasteiger partial charge in [-0.1, -0.05) is 56.3 Å². The maximum Gasteiger partial charge on any atom is 0.316 e. The predicted molar refractivity (Wildman–Crippen MR) is 177 cm³/mol. The number of amides is 4. The molecule has 246 valence electrons. The highest BCUT2D eigenvalue weighted by Gasteiger charge is 2.34. The molecule has 3 atom stereocenters. The van der Waals surface area contributed by atoms with E-state index in [-0.39, 0.29) is 24.8 Å². The number of ether oxygens (including phenoxy) is 1. The number of aryl methyl sites for hydroxylation is 1. The van der Waals surface area contributed by atoms with Gasteiger partial charge in [0.1, 0.15) is 11.8 Å². The van der Waals surface area contributed by atoms with Gasteiger partial charge in [0.2, 0.25) is 5.91 Å². The first-order valence-electron chi connectivity index (χ1n) is 15.5. The van der Waals surface area contributed by atoms with Gasteiger partial charge in [-0.3, -0.25) is 9.59 Å². The Balaban J connectivity index is 1.56. The molecule has 0 saturated carbocycles. The van der Waals surface area contributed by atoms with Crippen molar-refractivity contribution in [3.05, 3.63) is 83.4 Å². The number of fused-ring (bicyclic) bond motifs is 1. The van der Waals surface area contributed by atoms with Crippen LogP contribution in [0.4, 0.5) is 10.5 Å². The third-order valence-electron chi connectivity index (χ3n) is 8.36. The Morgan fingerprint density at radius 2 is 1.83 bits per heavy atom. The van der Waals surface area contributed by atoms with Crippen LogP contribution in [-0.2, 0) is 17.8 Å². The van der Waals surface area contributed by atoms with Gasteiger partial charge < -0.3 is 41.5 Å². The summed E-state index contributed by atoms with van der Waals surface area (Å²) in [6.45, 7) is 5.81. The van der Waals surface area contributed by atoms with Crippen molar-refractivity contribution in [1.29, 1.82) is 0 Å². The van der Waals surface area contributed by atoms with Crippen LogP contribution < -0.4 is 31.3 Å². The molecular formula is C35H45N5O6. The highest BCUT2D eigenvalue weighted by molar-refractivity contribution is 6.01. The zero-order chi connectivity index (χ0) is 33.4. The van der Waals surface area contributed by atoms with Crippen molar-refractivity contribution in [2.75, 3.05) is 25.2 Å². The molecule has 1 heterocycles. The highest BCUT2D eigenvalue weighted by atomic mass is 16.5. The number of nitrogens with zero attached hydrogens (tertiary/aromatic N) is 1. The first-order chi connectivity index (χ1) is 22.0. The second-order valence-corrected chi connectivity index (χ2v) is 12.2. The molecule has 0 fully saturated rings. The van der Waals surface area contributed by atoms with Gasteiger partial charge in [-0.2, -0.15) is 0 Å². The topological polar surface area (TPSA) is 166 Å². The van der Waals surface area contributed by atoms with Crippen molar-refractivity contribution in [2.24, 2.45) is 11.1 Å². The molecule has 0 aliphatic carbocycles. The number of aliphatic hydroxyl groups excluding tert-OH is 2. The fourth-order valence-electron chi connectivity index (χ4n) is 5.68. The van der Waals surface area contributed by atoms with E-state index in [1.165, 1.54) is 0 Å². The molecule has 0 saturated heterocycles. The number of carbonyl (C=O) groups excluding carboxylic acids is 3. The Morgan fingerprint density at radius 3 is 2.50 bits per heavy atom. The molecule has 0 aromatic heterocycles. The van der Waals surface area contributed by atoms with E-state index in [9.17, 15) is 24.6 Å². The van der Waals surface area contributed by atoms with E-state index >= 15 is 0 Å². The standard InChI is InChI=1S/C35H45N5O6/c1-5-37-31(43)28-9-7-6-8-27(28)23-12-10-22(11-13-23)20-40-30-17-15-26(46-4)18-24(30)14-16-29(32(40)44)38-34(45)39-33(36)35(2,3)19-25(42)21-41/h6-13,15,17-18,25,29,33,41-42H,5,14,16,19-21,36H2,1-4H3,(H,37,43)(H2,38,39,45)/t25-,29?,33+/m0/s1. The largest absolute Gasteiger partial charge is 0.497 e. The van der Waals surface area contributed by atoms with Gasteiger partial charge in [-0.05, 0) is 72.7 Å². The molecule has 3 aromatic carbocycles. The minimum Gasteiger partial charge on any atom is -0.497 e. The lowest BCUT2D eigenvalue weighted by molar-refractivity contribution is -0.120. The monoisotopic (exact) mass is 631 g/mol. The molecule has 1 unspecified atom stereocenters. The Kier molecular flexibility index (Phi) is 11.4. The minimum absolute atomic E-state index is 0.140. The smallest absolute Gasteiger partial charge is 0.316 e. The van der Waals surface area contributed by atoms with Crippen molar-refractivity contribution < 1.29 is 29.3 Å². The van der Waals surface area contributed by atoms with Crippen molar-refractivity contribution in [1.82, 2.24) is 16.0 Å². The maximum atomic E-state index is 14.1. The molecule has 11 heteroatoms. The van der Waals surface area contributed by atoms with E-state index in [4.69, 9.17) is 10.5 Å². The fraction of sp³-hybridized carbons (Fsp3) is 0.400. The van der Waals surface area contributed by atoms with Gasteiger partial charge in [0.05, 0.1) is 32.5 Å². The summed E-state index contributed by atoms with van der Waals surface area (Å²) in [6, 6.07) is 19.3. The summed E-state index contributed by atoms with van der Waals surface area (Å²) >= 11 is 0. The number of hydrogen-bond donors (Lipinski definition) is 6. The number of carbonyl (C=O) groups is 3. The van der Waals surface area contributed by atoms with Crippen LogP contribution in [-0.4, -0.2) is 66.6 Å². The number of hydrogen-bond acceptors (Lipinski definition) is 7. The first-order valence-corrected chi connectivity index (χ1v) is 15.5. The van der Waals surface area contributed by atoms with Crippen molar-refractivity contribution in [3.63, 3.8) is 0 Å². The average Bonchev–Trinajstić information content (AvgIpc) is 3.16. The van der Waals surface area contributed by atoms with Crippen LogP contribution in [0, 0.1) is 5.41 Å². The number of methoxy groups -OCH3 is 1. The summed E-state index contributed by atoms with van der Waals surface area (Å²) in [4.78, 5) is 41.4. The third-order valence-corrected chi connectivity index (χ3v) is 8.36. The minimum atomic E-state index is -0.970. The van der Waals surface area contributed by atoms with Gasteiger partial charge in [0.15, 0.2) is 0 Å². The van der Waals surface area contributed by atoms with Gasteiger partial charge in [-0.25, -0.2) is 4.79 Å². The van der Waals surface area contributed by atoms with Crippen LogP contribution in [0.2, 0.25) is 0 Å². The molecule has 0 spiro atoms. The average molecular weight is 632 g/mol. The Labute approximate surface area is 270 Å². The Hall–Kier alpha value is -4.45. The van der Waals surface area contributed by atoms with Crippen LogP contribution in [0.1, 0.15) is 55.1 Å². The number of anilines is 1. The molecule has 4 rings (SSSR count). The zero-order valence-electron chi connectivity index (χ0n) is 26.9. The lowest BCUT2D eigenvalue weighted by Gasteiger charge is -2.34. The summed E-state index contributed by atoms with van der Waals surface area (Å²) in [6.07, 6.45) is -0.753. The normalized spacial score (nSPS) is 16.1. The molecule has 1 aliphatic rings. The van der Waals surface area contributed by atoms with Crippen LogP contribution in [0.15, 0.2) is 66.7 Å². The number of rotatable bonds is 12. The summed E-state index contributed by atoms with van der Waals surface area (Å²) < 4.78 is 5.44. The van der Waals surface area contributed by atoms with Crippen LogP contribution in [0.3, 0.4) is 0 Å². The van der Waals surface area contributed by atoms with E-state index in [1.54, 1.807) is 31.9 Å². The maximum absolute atomic E-state index is 14.1. The molecule has 7 N–H and O–H groups in total. The zero-order valence-corrected chi connectivity index (χ0v) is 26.9. The lowest BCUT2D eigenvalue weighted by atomic mass is 9.83. The van der Waals surface area contributed by atoms with Gasteiger partial charge >= 0.3 is 6.03 Å². The van der Waals surface area contributed by atoms with Crippen LogP contribution >= 0.6 is 0 Å². The molecular weight excluding hydrogens is 586 g/mol. The van der Waals surface area contributed by atoms with E-state index < -0.39 is 36.4 Å². The predicted octanol–water partition coefficient (Wildman–Crippen LogP) is 3.31. The van der Waals surface area contributed by atoms with Crippen LogP contribution in [0.5, 0.6) is 5.75 Å². The molecule has 0 radical (unpaired) electrons. The van der Waals surface area contributed by atoms with Crippen molar-refractivity contribution >= 4 is 23.5 Å². The van der Waals surface area contributed by atoms with E-state index in [0.717, 1.165) is 27.9 Å². The number of benzene rings is 3. The van der Waals surface area contributed by atoms with Crippen molar-refractivity contribution in [2.45, 2.75) is 64.9 Å². The Morgan fingerprint density at radius 1 is 1.11 bits per heavy atom. The number of nitrogens with one attached hydrogen (secondary N) is 3. The molecule has 46 heavy (non-hydrogen) atoms. The molecule has 1 aliphatic heterocycles. The second kappa shape index (κ2) is 15.2. The third kappa shape index (κ3) is 8.22. The van der Waals surface area contributed by atoms with Gasteiger partial charge in [0.25, 0.3) is 5.91 Å². The molecule has 3 aromatic rings. The fourth-order valence-corrected chi connectivity index (χ4v) is 5.68. The quantitative estimate of drug-likeness (QED) is 0.167. The summed E-state index contributed by atoms with van der Waals surface area (Å²) in [5, 5.41) is 27.5. The Bertz CT molecular complexity index is 1530. The molecule has 4 amide bonds. The molecule has 0 bridgehead atoms. The first kappa shape index (κ1) is 34.4. The highest BCUT2D eigenvalue weighted by Crippen LogP contribution is 2.33. The van der Waals surface area contributed by atoms with Crippen LogP contribution in [0.25, 0.3) is 11.1 Å².